The number of benzene rings is 7. The van der Waals surface area contributed by atoms with Gasteiger partial charge in [0, 0.05) is 47.8 Å². The van der Waals surface area contributed by atoms with Crippen molar-refractivity contribution in [2.75, 3.05) is 4.90 Å². The molecule has 7 aromatic carbocycles. The highest BCUT2D eigenvalue weighted by molar-refractivity contribution is 7.25. The Morgan fingerprint density at radius 2 is 1.21 bits per heavy atom. The molecule has 0 spiro atoms. The second kappa shape index (κ2) is 10.6. The van der Waals surface area contributed by atoms with E-state index >= 15 is 0 Å². The molecule has 1 nitrogen and oxygen atoms in total. The van der Waals surface area contributed by atoms with Crippen LogP contribution in [-0.2, 0) is 10.8 Å². The van der Waals surface area contributed by atoms with E-state index in [1.807, 2.05) is 11.3 Å². The Balaban J connectivity index is 1.14. The molecule has 0 aliphatic heterocycles. The Kier molecular flexibility index (Phi) is 6.13. The van der Waals surface area contributed by atoms with Crippen LogP contribution in [0.5, 0.6) is 0 Å². The number of para-hydroxylation sites is 1. The van der Waals surface area contributed by atoms with E-state index in [0.717, 1.165) is 12.8 Å². The van der Waals surface area contributed by atoms with Crippen LogP contribution < -0.4 is 4.90 Å². The van der Waals surface area contributed by atoms with E-state index in [1.165, 1.54) is 103 Å². The van der Waals surface area contributed by atoms with Crippen LogP contribution in [0.15, 0.2) is 151 Å². The fourth-order valence-electron chi connectivity index (χ4n) is 9.96. The molecule has 0 bridgehead atoms. The van der Waals surface area contributed by atoms with Gasteiger partial charge in [0.05, 0.1) is 5.69 Å². The highest BCUT2D eigenvalue weighted by Crippen LogP contribution is 2.58. The molecular formula is C50H39NS. The van der Waals surface area contributed by atoms with E-state index in [4.69, 9.17) is 0 Å². The molecule has 0 saturated carbocycles. The standard InChI is InChI=1S/C50H39NS/c1-49(2)40-25-22-30-14-8-9-17-33(30)47(40)48-37-20-11-10-18-35(37)44(29-43(48)49)51(31-15-6-5-7-16-31)32-23-24-34-38-28-46-39(36-19-12-13-21-45(36)52-46)27-42(38)50(3,4)41(34)26-32/h5-22,25-29H,23-24H2,1-4H3. The molecule has 1 aromatic heterocycles. The number of hydrogen-bond donors (Lipinski definition) is 0. The molecule has 8 aromatic rings. The molecule has 0 radical (unpaired) electrons. The minimum atomic E-state index is -0.140. The predicted molar refractivity (Wildman–Crippen MR) is 224 cm³/mol. The summed E-state index contributed by atoms with van der Waals surface area (Å²) in [6, 6.07) is 50.3. The molecule has 3 aliphatic carbocycles. The third-order valence-electron chi connectivity index (χ3n) is 12.5. The molecule has 0 fully saturated rings. The largest absolute Gasteiger partial charge is 0.314 e. The van der Waals surface area contributed by atoms with Gasteiger partial charge in [0.1, 0.15) is 0 Å². The molecule has 0 amide bonds. The van der Waals surface area contributed by atoms with E-state index < -0.39 is 0 Å². The van der Waals surface area contributed by atoms with Crippen molar-refractivity contribution in [1.82, 2.24) is 0 Å². The average molecular weight is 686 g/mol. The fourth-order valence-corrected chi connectivity index (χ4v) is 11.1. The van der Waals surface area contributed by atoms with Crippen LogP contribution in [0.2, 0.25) is 0 Å². The van der Waals surface area contributed by atoms with Crippen LogP contribution >= 0.6 is 11.3 Å². The zero-order valence-corrected chi connectivity index (χ0v) is 30.9. The van der Waals surface area contributed by atoms with E-state index in [9.17, 15) is 0 Å². The Labute approximate surface area is 309 Å². The van der Waals surface area contributed by atoms with Crippen LogP contribution in [0.4, 0.5) is 11.4 Å². The first-order valence-corrected chi connectivity index (χ1v) is 19.5. The van der Waals surface area contributed by atoms with Gasteiger partial charge < -0.3 is 4.90 Å². The lowest BCUT2D eigenvalue weighted by Crippen LogP contribution is -2.23. The summed E-state index contributed by atoms with van der Waals surface area (Å²) in [5.74, 6) is 0. The summed E-state index contributed by atoms with van der Waals surface area (Å²) in [5.41, 5.74) is 15.1. The molecule has 2 heteroatoms. The predicted octanol–water partition coefficient (Wildman–Crippen LogP) is 14.2. The summed E-state index contributed by atoms with van der Waals surface area (Å²) in [6.07, 6.45) is 4.57. The van der Waals surface area contributed by atoms with Crippen molar-refractivity contribution < 1.29 is 0 Å². The smallest absolute Gasteiger partial charge is 0.0540 e. The monoisotopic (exact) mass is 685 g/mol. The van der Waals surface area contributed by atoms with Gasteiger partial charge in [0.25, 0.3) is 0 Å². The minimum Gasteiger partial charge on any atom is -0.314 e. The number of fused-ring (bicyclic) bond motifs is 12. The lowest BCUT2D eigenvalue weighted by atomic mass is 9.79. The van der Waals surface area contributed by atoms with Gasteiger partial charge in [-0.15, -0.1) is 11.3 Å². The van der Waals surface area contributed by atoms with Crippen molar-refractivity contribution >= 4 is 70.0 Å². The van der Waals surface area contributed by atoms with Gasteiger partial charge in [0.2, 0.25) is 0 Å². The van der Waals surface area contributed by atoms with Crippen LogP contribution in [0.3, 0.4) is 0 Å². The SMILES string of the molecule is CC1(C)C2=C(CCC(N(c3ccccc3)c3cc4c(c5ccccc35)-c3c(ccc5ccccc35)C4(C)C)=C2)c2cc3sc4ccccc4c3cc21. The molecule has 0 saturated heterocycles. The van der Waals surface area contributed by atoms with Crippen molar-refractivity contribution in [3.8, 4) is 11.1 Å². The molecule has 0 atom stereocenters. The highest BCUT2D eigenvalue weighted by atomic mass is 32.1. The summed E-state index contributed by atoms with van der Waals surface area (Å²) >= 11 is 1.93. The van der Waals surface area contributed by atoms with E-state index in [-0.39, 0.29) is 10.8 Å². The maximum atomic E-state index is 2.59. The Morgan fingerprint density at radius 1 is 0.519 bits per heavy atom. The summed E-state index contributed by atoms with van der Waals surface area (Å²) in [7, 11) is 0. The Morgan fingerprint density at radius 3 is 2.04 bits per heavy atom. The van der Waals surface area contributed by atoms with Crippen LogP contribution in [-0.4, -0.2) is 0 Å². The Hall–Kier alpha value is -5.44. The summed E-state index contributed by atoms with van der Waals surface area (Å²) in [4.78, 5) is 2.59. The molecule has 0 unspecified atom stereocenters. The van der Waals surface area contributed by atoms with Crippen LogP contribution in [0.1, 0.15) is 62.8 Å². The lowest BCUT2D eigenvalue weighted by molar-refractivity contribution is 0.649. The molecule has 11 rings (SSSR count). The molecule has 52 heavy (non-hydrogen) atoms. The number of hydrogen-bond acceptors (Lipinski definition) is 2. The van der Waals surface area contributed by atoms with Crippen molar-refractivity contribution in [1.29, 1.82) is 0 Å². The van der Waals surface area contributed by atoms with Gasteiger partial charge in [-0.2, -0.15) is 0 Å². The molecule has 0 N–H and O–H groups in total. The average Bonchev–Trinajstić information content (AvgIpc) is 3.73. The van der Waals surface area contributed by atoms with Crippen molar-refractivity contribution in [2.45, 2.75) is 51.4 Å². The third kappa shape index (κ3) is 3.99. The molecule has 3 aliphatic rings. The fraction of sp³-hybridized carbons (Fsp3) is 0.160. The normalized spacial score (nSPS) is 16.7. The van der Waals surface area contributed by atoms with E-state index in [0.29, 0.717) is 0 Å². The van der Waals surface area contributed by atoms with Gasteiger partial charge in [-0.25, -0.2) is 0 Å². The van der Waals surface area contributed by atoms with Gasteiger partial charge in [-0.05, 0) is 116 Å². The maximum Gasteiger partial charge on any atom is 0.0540 e. The zero-order valence-electron chi connectivity index (χ0n) is 30.0. The zero-order chi connectivity index (χ0) is 34.9. The summed E-state index contributed by atoms with van der Waals surface area (Å²) < 4.78 is 2.77. The summed E-state index contributed by atoms with van der Waals surface area (Å²) in [5, 5.41) is 8.03. The van der Waals surface area contributed by atoms with Gasteiger partial charge in [0.15, 0.2) is 0 Å². The van der Waals surface area contributed by atoms with Gasteiger partial charge in [-0.1, -0.05) is 125 Å². The van der Waals surface area contributed by atoms with Gasteiger partial charge in [-0.3, -0.25) is 0 Å². The van der Waals surface area contributed by atoms with E-state index in [2.05, 4.69) is 172 Å². The molecular weight excluding hydrogens is 647 g/mol. The topological polar surface area (TPSA) is 3.24 Å². The second-order valence-corrected chi connectivity index (χ2v) is 17.1. The number of anilines is 2. The Bertz CT molecular complexity index is 2900. The van der Waals surface area contributed by atoms with Crippen molar-refractivity contribution in [2.24, 2.45) is 0 Å². The summed E-state index contributed by atoms with van der Waals surface area (Å²) in [6.45, 7) is 9.72. The first-order chi connectivity index (χ1) is 25.3. The minimum absolute atomic E-state index is 0.0966. The first-order valence-electron chi connectivity index (χ1n) is 18.6. The van der Waals surface area contributed by atoms with Crippen molar-refractivity contribution in [3.05, 3.63) is 173 Å². The molecule has 250 valence electrons. The van der Waals surface area contributed by atoms with Crippen LogP contribution in [0, 0.1) is 0 Å². The van der Waals surface area contributed by atoms with Gasteiger partial charge >= 0.3 is 0 Å². The maximum absolute atomic E-state index is 2.59. The number of rotatable bonds is 3. The molecule has 1 heterocycles. The van der Waals surface area contributed by atoms with E-state index in [1.54, 1.807) is 0 Å². The number of allylic oxidation sites excluding steroid dienone is 4. The second-order valence-electron chi connectivity index (χ2n) is 16.0. The number of nitrogens with zero attached hydrogens (tertiary/aromatic N) is 1. The first kappa shape index (κ1) is 30.2. The van der Waals surface area contributed by atoms with Crippen LogP contribution in [0.25, 0.3) is 58.4 Å². The highest BCUT2D eigenvalue weighted by Gasteiger charge is 2.41. The number of thiophene rings is 1. The van der Waals surface area contributed by atoms with Crippen molar-refractivity contribution in [3.63, 3.8) is 0 Å². The lowest BCUT2D eigenvalue weighted by Gasteiger charge is -2.34. The third-order valence-corrected chi connectivity index (χ3v) is 13.7. The quantitative estimate of drug-likeness (QED) is 0.179.